The molecule has 0 aliphatic heterocycles. The number of nitrogens with zero attached hydrogens (tertiary/aromatic N) is 1. The van der Waals surface area contributed by atoms with E-state index in [1.54, 1.807) is 5.38 Å². The van der Waals surface area contributed by atoms with E-state index in [2.05, 4.69) is 10.3 Å². The van der Waals surface area contributed by atoms with Crippen LogP contribution in [0.1, 0.15) is 16.1 Å². The third kappa shape index (κ3) is 2.40. The number of benzene rings is 1. The highest BCUT2D eigenvalue weighted by atomic mass is 32.1. The van der Waals surface area contributed by atoms with E-state index >= 15 is 0 Å². The molecule has 2 aromatic rings. The second-order valence-electron chi connectivity index (χ2n) is 3.64. The van der Waals surface area contributed by atoms with Crippen molar-refractivity contribution in [2.75, 3.05) is 11.1 Å². The fourth-order valence-electron chi connectivity index (χ4n) is 1.40. The quantitative estimate of drug-likeness (QED) is 0.744. The van der Waals surface area contributed by atoms with E-state index in [1.807, 2.05) is 6.92 Å². The molecule has 0 unspecified atom stereocenters. The van der Waals surface area contributed by atoms with E-state index in [9.17, 15) is 9.18 Å². The first-order valence-electron chi connectivity index (χ1n) is 4.99. The van der Waals surface area contributed by atoms with E-state index < -0.39 is 11.8 Å². The molecule has 0 aliphatic carbocycles. The summed E-state index contributed by atoms with van der Waals surface area (Å²) < 4.78 is 13.6. The lowest BCUT2D eigenvalue weighted by atomic mass is 10.1. The number of halogens is 1. The Morgan fingerprint density at radius 3 is 2.83 bits per heavy atom. The van der Waals surface area contributed by atoms with Crippen molar-refractivity contribution in [1.82, 2.24) is 4.98 Å². The lowest BCUT2D eigenvalue weighted by Gasteiger charge is -2.07. The molecular weight excluding hydrogens is 257 g/mol. The smallest absolute Gasteiger partial charge is 0.337 e. The van der Waals surface area contributed by atoms with Crippen LogP contribution in [0.15, 0.2) is 17.5 Å². The van der Waals surface area contributed by atoms with E-state index in [0.717, 1.165) is 17.8 Å². The number of hydrogen-bond donors (Lipinski definition) is 3. The number of nitrogen functional groups attached to an aromatic ring is 1. The molecule has 1 aromatic heterocycles. The predicted octanol–water partition coefficient (Wildman–Crippen LogP) is 2.61. The number of thiazole rings is 1. The third-order valence-corrected chi connectivity index (χ3v) is 3.11. The maximum absolute atomic E-state index is 13.6. The molecule has 2 rings (SSSR count). The molecule has 1 heterocycles. The van der Waals surface area contributed by atoms with Gasteiger partial charge in [0.15, 0.2) is 5.13 Å². The fourth-order valence-corrected chi connectivity index (χ4v) is 2.10. The molecule has 0 bridgehead atoms. The number of aromatic nitrogens is 1. The number of aromatic carboxylic acids is 1. The largest absolute Gasteiger partial charge is 0.478 e. The monoisotopic (exact) mass is 267 g/mol. The Bertz CT molecular complexity index is 612. The van der Waals surface area contributed by atoms with Crippen molar-refractivity contribution in [1.29, 1.82) is 0 Å². The van der Waals surface area contributed by atoms with E-state index in [0.29, 0.717) is 5.13 Å². The van der Waals surface area contributed by atoms with E-state index in [1.165, 1.54) is 11.3 Å². The van der Waals surface area contributed by atoms with Crippen LogP contribution in [0.25, 0.3) is 0 Å². The van der Waals surface area contributed by atoms with Gasteiger partial charge in [-0.15, -0.1) is 11.3 Å². The summed E-state index contributed by atoms with van der Waals surface area (Å²) in [4.78, 5) is 15.0. The molecule has 18 heavy (non-hydrogen) atoms. The Morgan fingerprint density at radius 2 is 2.28 bits per heavy atom. The maximum atomic E-state index is 13.6. The van der Waals surface area contributed by atoms with Gasteiger partial charge in [0.05, 0.1) is 16.9 Å². The normalized spacial score (nSPS) is 10.3. The van der Waals surface area contributed by atoms with Gasteiger partial charge in [-0.1, -0.05) is 0 Å². The number of anilines is 3. The lowest BCUT2D eigenvalue weighted by molar-refractivity contribution is 0.0698. The van der Waals surface area contributed by atoms with Gasteiger partial charge in [0.2, 0.25) is 0 Å². The van der Waals surface area contributed by atoms with Crippen LogP contribution in [-0.4, -0.2) is 16.1 Å². The molecule has 0 fully saturated rings. The Kier molecular flexibility index (Phi) is 3.15. The Morgan fingerprint density at radius 1 is 1.56 bits per heavy atom. The summed E-state index contributed by atoms with van der Waals surface area (Å²) in [6.45, 7) is 1.81. The van der Waals surface area contributed by atoms with Crippen LogP contribution < -0.4 is 11.1 Å². The SMILES string of the molecule is Cc1csc(Nc2cc(C(=O)O)c(N)cc2F)n1. The van der Waals surface area contributed by atoms with Gasteiger partial charge in [0.1, 0.15) is 5.82 Å². The van der Waals surface area contributed by atoms with Crippen LogP contribution in [-0.2, 0) is 0 Å². The molecule has 0 radical (unpaired) electrons. The fraction of sp³-hybridized carbons (Fsp3) is 0.0909. The second-order valence-corrected chi connectivity index (χ2v) is 4.50. The van der Waals surface area contributed by atoms with E-state index in [4.69, 9.17) is 10.8 Å². The van der Waals surface area contributed by atoms with Gasteiger partial charge in [-0.05, 0) is 19.1 Å². The standard InChI is InChI=1S/C11H10FN3O2S/c1-5-4-18-11(14-5)15-9-2-6(10(16)17)8(13)3-7(9)12/h2-4H,13H2,1H3,(H,14,15)(H,16,17). The van der Waals surface area contributed by atoms with E-state index in [-0.39, 0.29) is 16.9 Å². The van der Waals surface area contributed by atoms with Crippen LogP contribution in [0.3, 0.4) is 0 Å². The molecule has 4 N–H and O–H groups in total. The minimum absolute atomic E-state index is 0.0379. The number of carbonyl (C=O) groups is 1. The molecule has 0 saturated carbocycles. The average molecular weight is 267 g/mol. The summed E-state index contributed by atoms with van der Waals surface area (Å²) >= 11 is 1.30. The summed E-state index contributed by atoms with van der Waals surface area (Å²) in [6.07, 6.45) is 0. The van der Waals surface area contributed by atoms with Gasteiger partial charge in [0.25, 0.3) is 0 Å². The van der Waals surface area contributed by atoms with Crippen LogP contribution in [0.5, 0.6) is 0 Å². The summed E-state index contributed by atoms with van der Waals surface area (Å²) in [6, 6.07) is 2.13. The minimum atomic E-state index is -1.20. The Hall–Kier alpha value is -2.15. The molecule has 0 atom stereocenters. The summed E-state index contributed by atoms with van der Waals surface area (Å²) in [5.41, 5.74) is 6.01. The predicted molar refractivity (Wildman–Crippen MR) is 67.9 cm³/mol. The van der Waals surface area contributed by atoms with Crippen molar-refractivity contribution in [3.63, 3.8) is 0 Å². The van der Waals surface area contributed by atoms with Crippen molar-refractivity contribution in [2.45, 2.75) is 6.92 Å². The molecule has 5 nitrogen and oxygen atoms in total. The molecule has 0 aliphatic rings. The lowest BCUT2D eigenvalue weighted by Crippen LogP contribution is -2.05. The van der Waals surface area contributed by atoms with Crippen molar-refractivity contribution in [2.24, 2.45) is 0 Å². The van der Waals surface area contributed by atoms with Crippen molar-refractivity contribution < 1.29 is 14.3 Å². The topological polar surface area (TPSA) is 88.2 Å². The summed E-state index contributed by atoms with van der Waals surface area (Å²) in [7, 11) is 0. The number of nitrogens with one attached hydrogen (secondary N) is 1. The molecule has 0 amide bonds. The zero-order chi connectivity index (χ0) is 13.3. The number of nitrogens with two attached hydrogens (primary N) is 1. The number of hydrogen-bond acceptors (Lipinski definition) is 5. The molecule has 0 spiro atoms. The highest BCUT2D eigenvalue weighted by molar-refractivity contribution is 7.13. The number of aryl methyl sites for hydroxylation is 1. The molecule has 94 valence electrons. The van der Waals surface area contributed by atoms with Crippen molar-refractivity contribution in [3.05, 3.63) is 34.6 Å². The number of carboxylic acids is 1. The third-order valence-electron chi connectivity index (χ3n) is 2.23. The van der Waals surface area contributed by atoms with Gasteiger partial charge in [-0.2, -0.15) is 0 Å². The van der Waals surface area contributed by atoms with Crippen LogP contribution in [0.4, 0.5) is 20.9 Å². The van der Waals surface area contributed by atoms with Crippen LogP contribution in [0.2, 0.25) is 0 Å². The first kappa shape index (κ1) is 12.3. The van der Waals surface area contributed by atoms with Crippen LogP contribution in [0, 0.1) is 12.7 Å². The van der Waals surface area contributed by atoms with Gasteiger partial charge in [0, 0.05) is 11.1 Å². The summed E-state index contributed by atoms with van der Waals surface area (Å²) in [5.74, 6) is -1.82. The van der Waals surface area contributed by atoms with Gasteiger partial charge < -0.3 is 16.2 Å². The van der Waals surface area contributed by atoms with Crippen molar-refractivity contribution in [3.8, 4) is 0 Å². The van der Waals surface area contributed by atoms with Gasteiger partial charge in [-0.3, -0.25) is 0 Å². The van der Waals surface area contributed by atoms with Crippen LogP contribution >= 0.6 is 11.3 Å². The number of rotatable bonds is 3. The Labute approximate surface area is 106 Å². The Balaban J connectivity index is 2.38. The number of carboxylic acid groups (broad SMARTS) is 1. The van der Waals surface area contributed by atoms with Crippen molar-refractivity contribution >= 4 is 33.8 Å². The molecule has 0 saturated heterocycles. The molecule has 1 aromatic carbocycles. The summed E-state index contributed by atoms with van der Waals surface area (Å²) in [5, 5.41) is 13.9. The molecule has 7 heteroatoms. The molecular formula is C11H10FN3O2S. The minimum Gasteiger partial charge on any atom is -0.478 e. The zero-order valence-electron chi connectivity index (χ0n) is 9.40. The highest BCUT2D eigenvalue weighted by Gasteiger charge is 2.14. The van der Waals surface area contributed by atoms with Gasteiger partial charge in [-0.25, -0.2) is 14.2 Å². The highest BCUT2D eigenvalue weighted by Crippen LogP contribution is 2.26. The second kappa shape index (κ2) is 4.61. The first-order chi connectivity index (χ1) is 8.47. The van der Waals surface area contributed by atoms with Gasteiger partial charge >= 0.3 is 5.97 Å². The first-order valence-corrected chi connectivity index (χ1v) is 5.87. The average Bonchev–Trinajstić information content (AvgIpc) is 2.67. The zero-order valence-corrected chi connectivity index (χ0v) is 10.2. The maximum Gasteiger partial charge on any atom is 0.337 e.